The highest BCUT2D eigenvalue weighted by Crippen LogP contribution is 2.22. The molecule has 30 heavy (non-hydrogen) atoms. The molecule has 0 atom stereocenters. The average molecular weight is 412 g/mol. The fourth-order valence-electron chi connectivity index (χ4n) is 2.87. The quantitative estimate of drug-likeness (QED) is 0.356. The monoisotopic (exact) mass is 412 g/mol. The number of ether oxygens (including phenoxy) is 2. The summed E-state index contributed by atoms with van der Waals surface area (Å²) in [5.41, 5.74) is 2.53. The predicted octanol–water partition coefficient (Wildman–Crippen LogP) is 2.93. The number of hydrogen-bond donors (Lipinski definition) is 2. The van der Waals surface area contributed by atoms with E-state index in [9.17, 15) is 14.4 Å². The van der Waals surface area contributed by atoms with E-state index in [1.54, 1.807) is 18.2 Å². The lowest BCUT2D eigenvalue weighted by Gasteiger charge is -2.12. The molecule has 0 aliphatic heterocycles. The molecular weight excluding hydrogens is 384 g/mol. The van der Waals surface area contributed by atoms with Crippen LogP contribution in [0.1, 0.15) is 41.3 Å². The summed E-state index contributed by atoms with van der Waals surface area (Å²) in [6.45, 7) is 6.37. The minimum absolute atomic E-state index is 0.0915. The Kier molecular flexibility index (Phi) is 8.87. The zero-order valence-corrected chi connectivity index (χ0v) is 17.6. The summed E-state index contributed by atoms with van der Waals surface area (Å²) in [6, 6.07) is 12.3. The summed E-state index contributed by atoms with van der Waals surface area (Å²) in [5, 5.41) is 5.49. The number of para-hydroxylation sites is 1. The third-order valence-corrected chi connectivity index (χ3v) is 4.29. The van der Waals surface area contributed by atoms with Crippen molar-refractivity contribution in [2.24, 2.45) is 0 Å². The molecule has 7 nitrogen and oxygen atoms in total. The van der Waals surface area contributed by atoms with Crippen molar-refractivity contribution in [1.29, 1.82) is 0 Å². The Morgan fingerprint density at radius 3 is 2.30 bits per heavy atom. The van der Waals surface area contributed by atoms with Gasteiger partial charge in [0.2, 0.25) is 5.91 Å². The highest BCUT2D eigenvalue weighted by molar-refractivity contribution is 5.94. The molecular formula is C23H28N2O5. The molecule has 2 aromatic carbocycles. The highest BCUT2D eigenvalue weighted by atomic mass is 16.5. The first kappa shape index (κ1) is 22.9. The lowest BCUT2D eigenvalue weighted by molar-refractivity contribution is -0.131. The molecule has 0 radical (unpaired) electrons. The average Bonchev–Trinajstić information content (AvgIpc) is 2.70. The third-order valence-electron chi connectivity index (χ3n) is 4.29. The maximum atomic E-state index is 12.1. The maximum Gasteiger partial charge on any atom is 0.308 e. The molecule has 0 aromatic heterocycles. The van der Waals surface area contributed by atoms with Gasteiger partial charge in [-0.25, -0.2) is 0 Å². The van der Waals surface area contributed by atoms with Crippen LogP contribution in [0.2, 0.25) is 0 Å². The van der Waals surface area contributed by atoms with E-state index in [1.165, 1.54) is 13.0 Å². The fraction of sp³-hybridized carbons (Fsp3) is 0.348. The number of carbonyl (C=O) groups excluding carboxylic acids is 3. The number of rotatable bonds is 10. The van der Waals surface area contributed by atoms with Crippen LogP contribution in [0.15, 0.2) is 42.5 Å². The molecule has 2 aromatic rings. The molecule has 0 saturated carbocycles. The predicted molar refractivity (Wildman–Crippen MR) is 114 cm³/mol. The number of carbonyl (C=O) groups is 3. The number of hydrogen-bond acceptors (Lipinski definition) is 5. The zero-order valence-electron chi connectivity index (χ0n) is 17.6. The molecule has 2 amide bonds. The topological polar surface area (TPSA) is 93.7 Å². The first-order valence-corrected chi connectivity index (χ1v) is 9.89. The van der Waals surface area contributed by atoms with Crippen LogP contribution in [-0.2, 0) is 9.59 Å². The number of esters is 1. The van der Waals surface area contributed by atoms with Gasteiger partial charge in [0, 0.05) is 32.0 Å². The van der Waals surface area contributed by atoms with Crippen molar-refractivity contribution in [3.63, 3.8) is 0 Å². The van der Waals surface area contributed by atoms with Gasteiger partial charge in [0.15, 0.2) is 0 Å². The second-order valence-corrected chi connectivity index (χ2v) is 6.90. The van der Waals surface area contributed by atoms with Crippen LogP contribution in [0.3, 0.4) is 0 Å². The molecule has 0 bridgehead atoms. The van der Waals surface area contributed by atoms with Gasteiger partial charge in [-0.3, -0.25) is 14.4 Å². The van der Waals surface area contributed by atoms with Gasteiger partial charge in [-0.2, -0.15) is 0 Å². The molecule has 0 aliphatic rings. The van der Waals surface area contributed by atoms with Gasteiger partial charge in [-0.1, -0.05) is 24.3 Å². The van der Waals surface area contributed by atoms with E-state index in [0.29, 0.717) is 43.9 Å². The molecule has 0 heterocycles. The summed E-state index contributed by atoms with van der Waals surface area (Å²) in [4.78, 5) is 35.1. The van der Waals surface area contributed by atoms with Crippen molar-refractivity contribution in [2.75, 3.05) is 19.7 Å². The number of nitrogens with one attached hydrogen (secondary N) is 2. The van der Waals surface area contributed by atoms with Crippen molar-refractivity contribution in [3.8, 4) is 11.5 Å². The Labute approximate surface area is 176 Å². The fourth-order valence-corrected chi connectivity index (χ4v) is 2.87. The molecule has 0 fully saturated rings. The standard InChI is InChI=1S/C23H28N2O5/c1-16-7-4-8-17(2)22(16)29-14-6-11-21(27)24-12-13-25-23(28)19-9-5-10-20(15-19)30-18(3)26/h4-5,7-10,15H,6,11-14H2,1-3H3,(H,24,27)(H,25,28). The van der Waals surface area contributed by atoms with Gasteiger partial charge < -0.3 is 20.1 Å². The van der Waals surface area contributed by atoms with Crippen molar-refractivity contribution in [1.82, 2.24) is 10.6 Å². The summed E-state index contributed by atoms with van der Waals surface area (Å²) in [7, 11) is 0. The number of amides is 2. The van der Waals surface area contributed by atoms with E-state index in [4.69, 9.17) is 9.47 Å². The van der Waals surface area contributed by atoms with E-state index >= 15 is 0 Å². The summed E-state index contributed by atoms with van der Waals surface area (Å²) in [5.74, 6) is 0.339. The molecule has 0 unspecified atom stereocenters. The first-order chi connectivity index (χ1) is 14.4. The largest absolute Gasteiger partial charge is 0.493 e. The summed E-state index contributed by atoms with van der Waals surface area (Å²) >= 11 is 0. The van der Waals surface area contributed by atoms with Crippen molar-refractivity contribution in [2.45, 2.75) is 33.6 Å². The Bertz CT molecular complexity index is 875. The van der Waals surface area contributed by atoms with E-state index < -0.39 is 5.97 Å². The van der Waals surface area contributed by atoms with Crippen LogP contribution < -0.4 is 20.1 Å². The minimum Gasteiger partial charge on any atom is -0.493 e. The van der Waals surface area contributed by atoms with Gasteiger partial charge in [0.05, 0.1) is 6.61 Å². The smallest absolute Gasteiger partial charge is 0.308 e. The molecule has 0 aliphatic carbocycles. The molecule has 2 rings (SSSR count). The molecule has 0 saturated heterocycles. The number of aryl methyl sites for hydroxylation is 2. The molecule has 160 valence electrons. The maximum absolute atomic E-state index is 12.1. The Morgan fingerprint density at radius 2 is 1.60 bits per heavy atom. The Morgan fingerprint density at radius 1 is 0.933 bits per heavy atom. The van der Waals surface area contributed by atoms with Gasteiger partial charge in [-0.15, -0.1) is 0 Å². The zero-order chi connectivity index (χ0) is 21.9. The van der Waals surface area contributed by atoms with E-state index in [2.05, 4.69) is 10.6 Å². The van der Waals surface area contributed by atoms with Crippen LogP contribution in [0, 0.1) is 13.8 Å². The lowest BCUT2D eigenvalue weighted by atomic mass is 10.1. The molecule has 7 heteroatoms. The molecule has 0 spiro atoms. The minimum atomic E-state index is -0.449. The van der Waals surface area contributed by atoms with E-state index in [0.717, 1.165) is 16.9 Å². The second-order valence-electron chi connectivity index (χ2n) is 6.90. The van der Waals surface area contributed by atoms with Crippen LogP contribution in [-0.4, -0.2) is 37.5 Å². The van der Waals surface area contributed by atoms with Crippen molar-refractivity contribution < 1.29 is 23.9 Å². The third kappa shape index (κ3) is 7.58. The SMILES string of the molecule is CC(=O)Oc1cccc(C(=O)NCCNC(=O)CCCOc2c(C)cccc2C)c1. The van der Waals surface area contributed by atoms with Gasteiger partial charge in [0.25, 0.3) is 5.91 Å². The van der Waals surface area contributed by atoms with Crippen LogP contribution in [0.4, 0.5) is 0 Å². The van der Waals surface area contributed by atoms with Crippen LogP contribution >= 0.6 is 0 Å². The highest BCUT2D eigenvalue weighted by Gasteiger charge is 2.08. The lowest BCUT2D eigenvalue weighted by Crippen LogP contribution is -2.34. The number of benzene rings is 2. The summed E-state index contributed by atoms with van der Waals surface area (Å²) in [6.07, 6.45) is 0.957. The van der Waals surface area contributed by atoms with Crippen molar-refractivity contribution >= 4 is 17.8 Å². The van der Waals surface area contributed by atoms with Gasteiger partial charge >= 0.3 is 5.97 Å². The second kappa shape index (κ2) is 11.6. The van der Waals surface area contributed by atoms with E-state index in [1.807, 2.05) is 32.0 Å². The van der Waals surface area contributed by atoms with Crippen molar-refractivity contribution in [3.05, 3.63) is 59.2 Å². The Balaban J connectivity index is 1.63. The Hall–Kier alpha value is -3.35. The van der Waals surface area contributed by atoms with Gasteiger partial charge in [0.1, 0.15) is 11.5 Å². The van der Waals surface area contributed by atoms with Gasteiger partial charge in [-0.05, 0) is 49.6 Å². The van der Waals surface area contributed by atoms with Crippen LogP contribution in [0.25, 0.3) is 0 Å². The van der Waals surface area contributed by atoms with E-state index in [-0.39, 0.29) is 11.8 Å². The summed E-state index contributed by atoms with van der Waals surface area (Å²) < 4.78 is 10.8. The van der Waals surface area contributed by atoms with Crippen LogP contribution in [0.5, 0.6) is 11.5 Å². The normalized spacial score (nSPS) is 10.2. The first-order valence-electron chi connectivity index (χ1n) is 9.89. The molecule has 2 N–H and O–H groups in total.